The molecule has 0 amide bonds. The molecule has 2 atom stereocenters. The number of thioether (sulfide) groups is 1. The van der Waals surface area contributed by atoms with Crippen LogP contribution >= 0.6 is 11.8 Å². The van der Waals surface area contributed by atoms with Gasteiger partial charge in [-0.25, -0.2) is 0 Å². The van der Waals surface area contributed by atoms with Gasteiger partial charge in [0, 0.05) is 0 Å². The monoisotopic (exact) mass is 219 g/mol. The van der Waals surface area contributed by atoms with E-state index in [1.54, 1.807) is 11.8 Å². The molecular weight excluding hydrogens is 198 g/mol. The molecule has 0 aliphatic heterocycles. The smallest absolute Gasteiger partial charge is 0.323 e. The molecule has 0 saturated heterocycles. The topological polar surface area (TPSA) is 52.3 Å². The van der Waals surface area contributed by atoms with E-state index in [9.17, 15) is 4.79 Å². The van der Waals surface area contributed by atoms with E-state index < -0.39 is 6.04 Å². The lowest BCUT2D eigenvalue weighted by molar-refractivity contribution is -0.151. The Hall–Kier alpha value is -0.220. The average Bonchev–Trinajstić information content (AvgIpc) is 2.13. The van der Waals surface area contributed by atoms with Crippen molar-refractivity contribution < 1.29 is 9.53 Å². The lowest BCUT2D eigenvalue weighted by Crippen LogP contribution is -2.36. The largest absolute Gasteiger partial charge is 0.461 e. The van der Waals surface area contributed by atoms with Gasteiger partial charge in [-0.05, 0) is 31.3 Å². The van der Waals surface area contributed by atoms with Gasteiger partial charge in [-0.1, -0.05) is 13.8 Å². The first-order valence-corrected chi connectivity index (χ1v) is 6.33. The molecule has 0 aliphatic carbocycles. The number of hydrogen-bond acceptors (Lipinski definition) is 4. The van der Waals surface area contributed by atoms with Gasteiger partial charge in [0.05, 0.1) is 0 Å². The summed E-state index contributed by atoms with van der Waals surface area (Å²) < 4.78 is 5.20. The Bertz CT molecular complexity index is 174. The van der Waals surface area contributed by atoms with Gasteiger partial charge in [0.15, 0.2) is 0 Å². The van der Waals surface area contributed by atoms with E-state index in [0.717, 1.165) is 5.75 Å². The molecule has 4 heteroatoms. The molecule has 0 aromatic rings. The summed E-state index contributed by atoms with van der Waals surface area (Å²) in [4.78, 5) is 11.4. The summed E-state index contributed by atoms with van der Waals surface area (Å²) in [7, 11) is 0. The molecule has 0 rings (SSSR count). The van der Waals surface area contributed by atoms with Crippen LogP contribution in [0.25, 0.3) is 0 Å². The highest BCUT2D eigenvalue weighted by Crippen LogP contribution is 2.08. The molecule has 0 fully saturated rings. The van der Waals surface area contributed by atoms with E-state index in [-0.39, 0.29) is 12.1 Å². The third-order valence-electron chi connectivity index (χ3n) is 2.18. The van der Waals surface area contributed by atoms with Crippen molar-refractivity contribution in [2.45, 2.75) is 39.3 Å². The minimum Gasteiger partial charge on any atom is -0.461 e. The van der Waals surface area contributed by atoms with Crippen LogP contribution < -0.4 is 5.73 Å². The van der Waals surface area contributed by atoms with Gasteiger partial charge in [0.1, 0.15) is 12.1 Å². The minimum atomic E-state index is -0.469. The minimum absolute atomic E-state index is 0.0529. The Morgan fingerprint density at radius 2 is 2.00 bits per heavy atom. The Morgan fingerprint density at radius 3 is 2.43 bits per heavy atom. The van der Waals surface area contributed by atoms with E-state index in [0.29, 0.717) is 12.3 Å². The highest BCUT2D eigenvalue weighted by atomic mass is 32.2. The molecule has 0 heterocycles. The Kier molecular flexibility index (Phi) is 7.01. The Balaban J connectivity index is 3.82. The van der Waals surface area contributed by atoms with Crippen molar-refractivity contribution in [2.24, 2.45) is 11.7 Å². The van der Waals surface area contributed by atoms with E-state index in [2.05, 4.69) is 0 Å². The van der Waals surface area contributed by atoms with E-state index in [1.807, 2.05) is 27.0 Å². The molecule has 84 valence electrons. The van der Waals surface area contributed by atoms with Gasteiger partial charge in [-0.15, -0.1) is 0 Å². The molecule has 0 radical (unpaired) electrons. The lowest BCUT2D eigenvalue weighted by atomic mass is 10.1. The summed E-state index contributed by atoms with van der Waals surface area (Å²) in [5.41, 5.74) is 5.66. The summed E-state index contributed by atoms with van der Waals surface area (Å²) in [5, 5.41) is 0. The maximum absolute atomic E-state index is 11.4. The normalized spacial score (nSPS) is 15.3. The number of carbonyl (C=O) groups is 1. The molecule has 0 aliphatic rings. The number of carbonyl (C=O) groups excluding carboxylic acids is 1. The van der Waals surface area contributed by atoms with Crippen molar-refractivity contribution in [3.63, 3.8) is 0 Å². The highest BCUT2D eigenvalue weighted by Gasteiger charge is 2.18. The van der Waals surface area contributed by atoms with Gasteiger partial charge in [0.2, 0.25) is 0 Å². The van der Waals surface area contributed by atoms with Crippen LogP contribution in [0.3, 0.4) is 0 Å². The van der Waals surface area contributed by atoms with Crippen molar-refractivity contribution in [1.82, 2.24) is 0 Å². The number of nitrogens with two attached hydrogens (primary N) is 1. The molecular formula is C10H21NO2S. The van der Waals surface area contributed by atoms with Gasteiger partial charge in [-0.2, -0.15) is 11.8 Å². The molecule has 0 aromatic carbocycles. The van der Waals surface area contributed by atoms with E-state index >= 15 is 0 Å². The fourth-order valence-electron chi connectivity index (χ4n) is 0.769. The zero-order valence-electron chi connectivity index (χ0n) is 9.45. The first kappa shape index (κ1) is 13.8. The summed E-state index contributed by atoms with van der Waals surface area (Å²) in [6.07, 6.45) is 2.63. The highest BCUT2D eigenvalue weighted by molar-refractivity contribution is 7.98. The van der Waals surface area contributed by atoms with Crippen LogP contribution in [-0.4, -0.2) is 30.1 Å². The Morgan fingerprint density at radius 1 is 1.43 bits per heavy atom. The third-order valence-corrected chi connectivity index (χ3v) is 2.82. The van der Waals surface area contributed by atoms with Crippen LogP contribution in [0.1, 0.15) is 27.2 Å². The van der Waals surface area contributed by atoms with Gasteiger partial charge >= 0.3 is 5.97 Å². The third kappa shape index (κ3) is 5.50. The maximum Gasteiger partial charge on any atom is 0.323 e. The summed E-state index contributed by atoms with van der Waals surface area (Å²) in [6, 6.07) is -0.469. The second-order valence-electron chi connectivity index (χ2n) is 3.77. The quantitative estimate of drug-likeness (QED) is 0.690. The van der Waals surface area contributed by atoms with Gasteiger partial charge in [0.25, 0.3) is 0 Å². The molecule has 0 bridgehead atoms. The first-order valence-electron chi connectivity index (χ1n) is 4.94. The number of ether oxygens (including phenoxy) is 1. The molecule has 3 nitrogen and oxygen atoms in total. The number of rotatable bonds is 6. The summed E-state index contributed by atoms with van der Waals surface area (Å²) in [6.45, 7) is 5.93. The second kappa shape index (κ2) is 7.12. The molecule has 0 saturated carbocycles. The van der Waals surface area contributed by atoms with Crippen molar-refractivity contribution in [3.8, 4) is 0 Å². The van der Waals surface area contributed by atoms with Crippen LogP contribution in [0.2, 0.25) is 0 Å². The SMILES string of the molecule is CSCC[C@H](N)C(=O)OC(C)C(C)C. The maximum atomic E-state index is 11.4. The summed E-state index contributed by atoms with van der Waals surface area (Å²) >= 11 is 1.68. The van der Waals surface area contributed by atoms with Crippen LogP contribution in [0.4, 0.5) is 0 Å². The molecule has 0 aromatic heterocycles. The van der Waals surface area contributed by atoms with Crippen LogP contribution in [0, 0.1) is 5.92 Å². The van der Waals surface area contributed by atoms with Gasteiger partial charge < -0.3 is 10.5 Å². The van der Waals surface area contributed by atoms with E-state index in [1.165, 1.54) is 0 Å². The lowest BCUT2D eigenvalue weighted by Gasteiger charge is -2.19. The molecule has 14 heavy (non-hydrogen) atoms. The summed E-state index contributed by atoms with van der Waals surface area (Å²) in [5.74, 6) is 0.957. The predicted octanol–water partition coefficient (Wildman–Crippen LogP) is 1.65. The van der Waals surface area contributed by atoms with Crippen LogP contribution in [-0.2, 0) is 9.53 Å². The van der Waals surface area contributed by atoms with E-state index in [4.69, 9.17) is 10.5 Å². The van der Waals surface area contributed by atoms with Crippen molar-refractivity contribution >= 4 is 17.7 Å². The molecule has 1 unspecified atom stereocenters. The Labute approximate surface area is 90.8 Å². The average molecular weight is 219 g/mol. The van der Waals surface area contributed by atoms with Crippen LogP contribution in [0.5, 0.6) is 0 Å². The number of hydrogen-bond donors (Lipinski definition) is 1. The van der Waals surface area contributed by atoms with Crippen LogP contribution in [0.15, 0.2) is 0 Å². The zero-order valence-corrected chi connectivity index (χ0v) is 10.3. The fourth-order valence-corrected chi connectivity index (χ4v) is 1.26. The van der Waals surface area contributed by atoms with Crippen molar-refractivity contribution in [3.05, 3.63) is 0 Å². The number of esters is 1. The predicted molar refractivity (Wildman–Crippen MR) is 61.4 cm³/mol. The van der Waals surface area contributed by atoms with Crippen molar-refractivity contribution in [2.75, 3.05) is 12.0 Å². The molecule has 0 spiro atoms. The van der Waals surface area contributed by atoms with Crippen molar-refractivity contribution in [1.29, 1.82) is 0 Å². The zero-order chi connectivity index (χ0) is 11.1. The standard InChI is InChI=1S/C10H21NO2S/c1-7(2)8(3)13-10(12)9(11)5-6-14-4/h7-9H,5-6,11H2,1-4H3/t8?,9-/m0/s1. The van der Waals surface area contributed by atoms with Gasteiger partial charge in [-0.3, -0.25) is 4.79 Å². The second-order valence-corrected chi connectivity index (χ2v) is 4.76. The fraction of sp³-hybridized carbons (Fsp3) is 0.900. The molecule has 2 N–H and O–H groups in total. The first-order chi connectivity index (χ1) is 6.49.